The van der Waals surface area contributed by atoms with E-state index in [0.29, 0.717) is 5.92 Å². The van der Waals surface area contributed by atoms with Crippen molar-refractivity contribution in [1.29, 1.82) is 0 Å². The van der Waals surface area contributed by atoms with Crippen molar-refractivity contribution < 1.29 is 9.50 Å². The van der Waals surface area contributed by atoms with Crippen LogP contribution in [0.15, 0.2) is 18.3 Å². The van der Waals surface area contributed by atoms with Crippen molar-refractivity contribution >= 4 is 0 Å². The average Bonchev–Trinajstić information content (AvgIpc) is 2.94. The minimum atomic E-state index is -0.304. The van der Waals surface area contributed by atoms with Crippen LogP contribution in [-0.2, 0) is 5.41 Å². The van der Waals surface area contributed by atoms with Crippen molar-refractivity contribution in [3.63, 3.8) is 0 Å². The van der Waals surface area contributed by atoms with Crippen LogP contribution in [0.4, 0.5) is 4.39 Å². The SMILES string of the molecule is CCC1(c2ccc(F)cn2)CC1CO. The molecule has 0 aromatic carbocycles. The zero-order valence-electron chi connectivity index (χ0n) is 8.20. The van der Waals surface area contributed by atoms with E-state index in [1.165, 1.54) is 12.3 Å². The summed E-state index contributed by atoms with van der Waals surface area (Å²) < 4.78 is 12.7. The number of hydrogen-bond donors (Lipinski definition) is 1. The van der Waals surface area contributed by atoms with Crippen LogP contribution < -0.4 is 0 Å². The van der Waals surface area contributed by atoms with Crippen molar-refractivity contribution in [1.82, 2.24) is 4.98 Å². The summed E-state index contributed by atoms with van der Waals surface area (Å²) in [5.74, 6) is 0.00617. The highest BCUT2D eigenvalue weighted by Crippen LogP contribution is 2.55. The van der Waals surface area contributed by atoms with Gasteiger partial charge in [0.05, 0.1) is 6.20 Å². The van der Waals surface area contributed by atoms with E-state index in [4.69, 9.17) is 5.11 Å². The fraction of sp³-hybridized carbons (Fsp3) is 0.545. The van der Waals surface area contributed by atoms with Gasteiger partial charge in [-0.2, -0.15) is 0 Å². The number of hydrogen-bond acceptors (Lipinski definition) is 2. The number of aromatic nitrogens is 1. The Hall–Kier alpha value is -0.960. The molecule has 2 unspecified atom stereocenters. The van der Waals surface area contributed by atoms with E-state index >= 15 is 0 Å². The maximum atomic E-state index is 12.7. The summed E-state index contributed by atoms with van der Waals surface area (Å²) in [6.07, 6.45) is 3.18. The molecule has 1 saturated carbocycles. The number of aliphatic hydroxyl groups is 1. The third-order valence-corrected chi connectivity index (χ3v) is 3.32. The first kappa shape index (κ1) is 9.59. The fourth-order valence-electron chi connectivity index (χ4n) is 2.22. The lowest BCUT2D eigenvalue weighted by Gasteiger charge is -2.13. The Balaban J connectivity index is 2.26. The molecule has 14 heavy (non-hydrogen) atoms. The molecule has 1 aromatic rings. The lowest BCUT2D eigenvalue weighted by atomic mass is 9.95. The zero-order valence-corrected chi connectivity index (χ0v) is 8.20. The van der Waals surface area contributed by atoms with Gasteiger partial charge in [0.2, 0.25) is 0 Å². The average molecular weight is 195 g/mol. The predicted octanol–water partition coefficient (Wildman–Crippen LogP) is 1.88. The maximum Gasteiger partial charge on any atom is 0.141 e. The first-order valence-electron chi connectivity index (χ1n) is 4.96. The van der Waals surface area contributed by atoms with Crippen LogP contribution in [-0.4, -0.2) is 16.7 Å². The van der Waals surface area contributed by atoms with Crippen LogP contribution in [0, 0.1) is 11.7 Å². The molecule has 76 valence electrons. The molecule has 2 nitrogen and oxygen atoms in total. The normalized spacial score (nSPS) is 30.4. The number of nitrogens with zero attached hydrogens (tertiary/aromatic N) is 1. The van der Waals surface area contributed by atoms with Crippen molar-refractivity contribution in [3.05, 3.63) is 29.8 Å². The summed E-state index contributed by atoms with van der Waals surface area (Å²) in [6, 6.07) is 3.17. The van der Waals surface area contributed by atoms with Crippen molar-refractivity contribution in [2.24, 2.45) is 5.92 Å². The quantitative estimate of drug-likeness (QED) is 0.798. The Morgan fingerprint density at radius 2 is 2.43 bits per heavy atom. The van der Waals surface area contributed by atoms with Crippen LogP contribution in [0.2, 0.25) is 0 Å². The highest BCUT2D eigenvalue weighted by molar-refractivity contribution is 5.27. The second-order valence-electron chi connectivity index (χ2n) is 3.95. The van der Waals surface area contributed by atoms with Crippen LogP contribution >= 0.6 is 0 Å². The minimum absolute atomic E-state index is 0.0163. The van der Waals surface area contributed by atoms with Gasteiger partial charge in [-0.25, -0.2) is 4.39 Å². The molecule has 0 radical (unpaired) electrons. The minimum Gasteiger partial charge on any atom is -0.396 e. The van der Waals surface area contributed by atoms with E-state index in [1.807, 2.05) is 0 Å². The van der Waals surface area contributed by atoms with Crippen molar-refractivity contribution in [2.75, 3.05) is 6.61 Å². The van der Waals surface area contributed by atoms with Gasteiger partial charge in [-0.3, -0.25) is 4.98 Å². The number of pyridine rings is 1. The number of halogens is 1. The summed E-state index contributed by atoms with van der Waals surface area (Å²) in [5, 5.41) is 9.09. The lowest BCUT2D eigenvalue weighted by molar-refractivity contribution is 0.261. The molecule has 0 aliphatic heterocycles. The molecule has 1 fully saturated rings. The topological polar surface area (TPSA) is 33.1 Å². The molecule has 0 bridgehead atoms. The third-order valence-electron chi connectivity index (χ3n) is 3.32. The van der Waals surface area contributed by atoms with E-state index < -0.39 is 0 Å². The number of rotatable bonds is 3. The molecule has 1 aromatic heterocycles. The first-order valence-corrected chi connectivity index (χ1v) is 4.96. The molecule has 1 aliphatic carbocycles. The second-order valence-corrected chi connectivity index (χ2v) is 3.95. The van der Waals surface area contributed by atoms with Crippen LogP contribution in [0.3, 0.4) is 0 Å². The lowest BCUT2D eigenvalue weighted by Crippen LogP contribution is -2.12. The Morgan fingerprint density at radius 3 is 2.86 bits per heavy atom. The van der Waals surface area contributed by atoms with Gasteiger partial charge in [0.1, 0.15) is 5.82 Å². The van der Waals surface area contributed by atoms with Crippen LogP contribution in [0.1, 0.15) is 25.5 Å². The summed E-state index contributed by atoms with van der Waals surface area (Å²) in [5.41, 5.74) is 0.933. The van der Waals surface area contributed by atoms with Gasteiger partial charge in [-0.1, -0.05) is 6.92 Å². The molecule has 0 amide bonds. The molecule has 0 saturated heterocycles. The Labute approximate surface area is 82.8 Å². The maximum absolute atomic E-state index is 12.7. The highest BCUT2D eigenvalue weighted by atomic mass is 19.1. The van der Waals surface area contributed by atoms with Crippen LogP contribution in [0.5, 0.6) is 0 Å². The van der Waals surface area contributed by atoms with E-state index in [1.54, 1.807) is 6.07 Å². The molecule has 1 heterocycles. The zero-order chi connectivity index (χ0) is 10.2. The van der Waals surface area contributed by atoms with Gasteiger partial charge in [0.15, 0.2) is 0 Å². The summed E-state index contributed by atoms with van der Waals surface area (Å²) in [6.45, 7) is 2.29. The van der Waals surface area contributed by atoms with Gasteiger partial charge in [0.25, 0.3) is 0 Å². The fourth-order valence-corrected chi connectivity index (χ4v) is 2.22. The monoisotopic (exact) mass is 195 g/mol. The molecule has 2 rings (SSSR count). The van der Waals surface area contributed by atoms with Gasteiger partial charge in [-0.05, 0) is 30.9 Å². The van der Waals surface area contributed by atoms with Gasteiger partial charge >= 0.3 is 0 Å². The van der Waals surface area contributed by atoms with Crippen molar-refractivity contribution in [2.45, 2.75) is 25.2 Å². The molecule has 3 heteroatoms. The van der Waals surface area contributed by atoms with E-state index in [0.717, 1.165) is 18.5 Å². The van der Waals surface area contributed by atoms with Gasteiger partial charge in [0, 0.05) is 17.7 Å². The summed E-state index contributed by atoms with van der Waals surface area (Å²) in [4.78, 5) is 4.10. The van der Waals surface area contributed by atoms with Gasteiger partial charge < -0.3 is 5.11 Å². The predicted molar refractivity (Wildman–Crippen MR) is 51.4 cm³/mol. The van der Waals surface area contributed by atoms with Crippen LogP contribution in [0.25, 0.3) is 0 Å². The summed E-state index contributed by atoms with van der Waals surface area (Å²) >= 11 is 0. The van der Waals surface area contributed by atoms with E-state index in [2.05, 4.69) is 11.9 Å². The first-order chi connectivity index (χ1) is 6.73. The third kappa shape index (κ3) is 1.32. The smallest absolute Gasteiger partial charge is 0.141 e. The highest BCUT2D eigenvalue weighted by Gasteiger charge is 2.54. The largest absolute Gasteiger partial charge is 0.396 e. The van der Waals surface area contributed by atoms with Gasteiger partial charge in [-0.15, -0.1) is 0 Å². The Kier molecular flexibility index (Phi) is 2.27. The molecule has 2 atom stereocenters. The van der Waals surface area contributed by atoms with Crippen molar-refractivity contribution in [3.8, 4) is 0 Å². The molecule has 1 aliphatic rings. The van der Waals surface area contributed by atoms with E-state index in [-0.39, 0.29) is 17.8 Å². The number of aliphatic hydroxyl groups excluding tert-OH is 1. The summed E-state index contributed by atoms with van der Waals surface area (Å²) in [7, 11) is 0. The molecular weight excluding hydrogens is 181 g/mol. The Morgan fingerprint density at radius 1 is 1.64 bits per heavy atom. The molecule has 1 N–H and O–H groups in total. The van der Waals surface area contributed by atoms with E-state index in [9.17, 15) is 4.39 Å². The molecular formula is C11H14FNO. The second kappa shape index (κ2) is 3.31. The molecule has 0 spiro atoms. The Bertz CT molecular complexity index is 325. The standard InChI is InChI=1S/C11H14FNO/c1-2-11(5-8(11)7-14)10-4-3-9(12)6-13-10/h3-4,6,8,14H,2,5,7H2,1H3.